The van der Waals surface area contributed by atoms with E-state index in [2.05, 4.69) is 66.1 Å². The maximum atomic E-state index is 10.4. The first kappa shape index (κ1) is 21.8. The number of β-amino-alcohol motifs (C(OH)–C–C–N with tert-alkyl or cyclic N) is 1. The van der Waals surface area contributed by atoms with E-state index < -0.39 is 6.10 Å². The molecule has 2 bridgehead atoms. The molecule has 2 aliphatic carbocycles. The van der Waals surface area contributed by atoms with Crippen molar-refractivity contribution in [2.45, 2.75) is 52.6 Å². The molecule has 3 fully saturated rings. The number of aliphatic hydroxyl groups is 1. The van der Waals surface area contributed by atoms with Crippen molar-refractivity contribution in [2.24, 2.45) is 21.9 Å². The Labute approximate surface area is 182 Å². The Morgan fingerprint density at radius 2 is 1.80 bits per heavy atom. The molecule has 2 saturated carbocycles. The molecule has 1 aliphatic heterocycles. The van der Waals surface area contributed by atoms with Crippen molar-refractivity contribution in [3.8, 4) is 0 Å². The van der Waals surface area contributed by atoms with Crippen LogP contribution >= 0.6 is 0 Å². The van der Waals surface area contributed by atoms with Gasteiger partial charge in [-0.15, -0.1) is 0 Å². The number of rotatable bonds is 8. The molecule has 4 rings (SSSR count). The van der Waals surface area contributed by atoms with Gasteiger partial charge in [-0.1, -0.05) is 56.3 Å². The van der Waals surface area contributed by atoms with Crippen LogP contribution in [-0.2, 0) is 11.3 Å². The molecule has 5 heteroatoms. The number of oxime groups is 1. The number of fused-ring (bicyclic) bond motifs is 2. The Kier molecular flexibility index (Phi) is 6.52. The summed E-state index contributed by atoms with van der Waals surface area (Å²) >= 11 is 0. The van der Waals surface area contributed by atoms with Crippen LogP contribution in [0.3, 0.4) is 0 Å². The van der Waals surface area contributed by atoms with Crippen LogP contribution < -0.4 is 0 Å². The molecule has 3 unspecified atom stereocenters. The van der Waals surface area contributed by atoms with E-state index in [0.717, 1.165) is 51.5 Å². The lowest BCUT2D eigenvalue weighted by Gasteiger charge is -2.35. The summed E-state index contributed by atoms with van der Waals surface area (Å²) in [6, 6.07) is 10.7. The summed E-state index contributed by atoms with van der Waals surface area (Å²) in [6.45, 7) is 13.3. The molecule has 0 radical (unpaired) electrons. The quantitative estimate of drug-likeness (QED) is 0.664. The second-order valence-corrected chi connectivity index (χ2v) is 10.4. The third-order valence-corrected chi connectivity index (χ3v) is 8.45. The smallest absolute Gasteiger partial charge is 0.144 e. The van der Waals surface area contributed by atoms with Gasteiger partial charge in [-0.2, -0.15) is 0 Å². The molecule has 166 valence electrons. The summed E-state index contributed by atoms with van der Waals surface area (Å²) in [5.74, 6) is 0.730. The molecule has 1 aromatic carbocycles. The standard InChI is InChI=1S/C25H39N3O2/c1-24(2)21-9-11-25(24,3)23(17-21)26-30-19-22(29)18-28-15-13-27(14-16-28)12-10-20-7-5-4-6-8-20/h4-8,21-22,29H,9-19H2,1-3H3/b26-23-. The van der Waals surface area contributed by atoms with Gasteiger partial charge in [0.2, 0.25) is 0 Å². The van der Waals surface area contributed by atoms with Gasteiger partial charge in [-0.25, -0.2) is 0 Å². The van der Waals surface area contributed by atoms with E-state index in [0.29, 0.717) is 18.6 Å². The van der Waals surface area contributed by atoms with E-state index >= 15 is 0 Å². The predicted octanol–water partition coefficient (Wildman–Crippen LogP) is 3.43. The van der Waals surface area contributed by atoms with Crippen LogP contribution in [0, 0.1) is 16.7 Å². The molecule has 0 spiro atoms. The summed E-state index contributed by atoms with van der Waals surface area (Å²) in [4.78, 5) is 10.5. The lowest BCUT2D eigenvalue weighted by molar-refractivity contribution is 0.00796. The van der Waals surface area contributed by atoms with Crippen molar-refractivity contribution >= 4 is 5.71 Å². The zero-order chi connectivity index (χ0) is 21.2. The van der Waals surface area contributed by atoms with Crippen LogP contribution in [0.1, 0.15) is 45.6 Å². The fraction of sp³-hybridized carbons (Fsp3) is 0.720. The number of aliphatic hydroxyl groups excluding tert-OH is 1. The minimum atomic E-state index is -0.482. The Bertz CT molecular complexity index is 727. The summed E-state index contributed by atoms with van der Waals surface area (Å²) < 4.78 is 0. The highest BCUT2D eigenvalue weighted by atomic mass is 16.6. The first-order valence-electron chi connectivity index (χ1n) is 11.7. The molecule has 1 N–H and O–H groups in total. The van der Waals surface area contributed by atoms with Gasteiger partial charge >= 0.3 is 0 Å². The number of hydrogen-bond donors (Lipinski definition) is 1. The van der Waals surface area contributed by atoms with Gasteiger partial charge < -0.3 is 14.8 Å². The van der Waals surface area contributed by atoms with Gasteiger partial charge in [0.15, 0.2) is 0 Å². The van der Waals surface area contributed by atoms with Crippen LogP contribution in [0.5, 0.6) is 0 Å². The summed E-state index contributed by atoms with van der Waals surface area (Å²) in [5.41, 5.74) is 3.09. The van der Waals surface area contributed by atoms with E-state index in [9.17, 15) is 5.11 Å². The molecule has 1 heterocycles. The number of nitrogens with zero attached hydrogens (tertiary/aromatic N) is 3. The maximum Gasteiger partial charge on any atom is 0.144 e. The zero-order valence-electron chi connectivity index (χ0n) is 19.0. The Hall–Kier alpha value is -1.43. The van der Waals surface area contributed by atoms with E-state index in [4.69, 9.17) is 4.84 Å². The minimum absolute atomic E-state index is 0.165. The predicted molar refractivity (Wildman–Crippen MR) is 122 cm³/mol. The van der Waals surface area contributed by atoms with Crippen LogP contribution in [-0.4, -0.2) is 72.6 Å². The highest BCUT2D eigenvalue weighted by Crippen LogP contribution is 2.63. The van der Waals surface area contributed by atoms with Crippen LogP contribution in [0.2, 0.25) is 0 Å². The normalized spacial score (nSPS) is 31.3. The van der Waals surface area contributed by atoms with Crippen LogP contribution in [0.25, 0.3) is 0 Å². The summed E-state index contributed by atoms with van der Waals surface area (Å²) in [6.07, 6.45) is 4.20. The largest absolute Gasteiger partial charge is 0.393 e. The van der Waals surface area contributed by atoms with Crippen LogP contribution in [0.15, 0.2) is 35.5 Å². The van der Waals surface area contributed by atoms with E-state index in [1.54, 1.807) is 0 Å². The van der Waals surface area contributed by atoms with Crippen LogP contribution in [0.4, 0.5) is 0 Å². The first-order valence-corrected chi connectivity index (χ1v) is 11.7. The lowest BCUT2D eigenvalue weighted by atomic mass is 9.70. The van der Waals surface area contributed by atoms with Crippen molar-refractivity contribution in [1.29, 1.82) is 0 Å². The third-order valence-electron chi connectivity index (χ3n) is 8.45. The SMILES string of the molecule is CC12CCC(C/C1=N/OCC(O)CN1CCN(CCc3ccccc3)CC1)C2(C)C. The Morgan fingerprint density at radius 3 is 2.43 bits per heavy atom. The van der Waals surface area contributed by atoms with Gasteiger partial charge in [0.25, 0.3) is 0 Å². The Balaban J connectivity index is 1.15. The van der Waals surface area contributed by atoms with Crippen molar-refractivity contribution in [3.05, 3.63) is 35.9 Å². The Morgan fingerprint density at radius 1 is 1.10 bits per heavy atom. The number of piperazine rings is 1. The van der Waals surface area contributed by atoms with E-state index in [-0.39, 0.29) is 5.41 Å². The maximum absolute atomic E-state index is 10.4. The van der Waals surface area contributed by atoms with E-state index in [1.807, 2.05) is 0 Å². The number of benzene rings is 1. The first-order chi connectivity index (χ1) is 14.4. The molecule has 1 aromatic rings. The highest BCUT2D eigenvalue weighted by Gasteiger charge is 2.60. The van der Waals surface area contributed by atoms with Gasteiger partial charge in [0.1, 0.15) is 12.7 Å². The zero-order valence-corrected chi connectivity index (χ0v) is 19.0. The average Bonchev–Trinajstić information content (AvgIpc) is 3.08. The number of hydrogen-bond acceptors (Lipinski definition) is 5. The third kappa shape index (κ3) is 4.44. The monoisotopic (exact) mass is 413 g/mol. The molecule has 3 atom stereocenters. The minimum Gasteiger partial charge on any atom is -0.393 e. The molecule has 5 nitrogen and oxygen atoms in total. The van der Waals surface area contributed by atoms with Crippen molar-refractivity contribution in [1.82, 2.24) is 9.80 Å². The topological polar surface area (TPSA) is 48.3 Å². The molecular formula is C25H39N3O2. The van der Waals surface area contributed by atoms with Gasteiger partial charge in [-0.05, 0) is 42.6 Å². The lowest BCUT2D eigenvalue weighted by Crippen LogP contribution is -2.49. The average molecular weight is 414 g/mol. The summed E-state index contributed by atoms with van der Waals surface area (Å²) in [5, 5.41) is 14.9. The van der Waals surface area contributed by atoms with Gasteiger partial charge in [0.05, 0.1) is 5.71 Å². The van der Waals surface area contributed by atoms with Crippen molar-refractivity contribution in [2.75, 3.05) is 45.9 Å². The second-order valence-electron chi connectivity index (χ2n) is 10.4. The van der Waals surface area contributed by atoms with Crippen molar-refractivity contribution in [3.63, 3.8) is 0 Å². The highest BCUT2D eigenvalue weighted by molar-refractivity contribution is 5.93. The fourth-order valence-corrected chi connectivity index (χ4v) is 5.75. The van der Waals surface area contributed by atoms with Gasteiger partial charge in [0, 0.05) is 44.7 Å². The molecule has 3 aliphatic rings. The van der Waals surface area contributed by atoms with Gasteiger partial charge in [-0.3, -0.25) is 4.90 Å². The molecule has 0 aromatic heterocycles. The molecule has 0 amide bonds. The molecule has 30 heavy (non-hydrogen) atoms. The van der Waals surface area contributed by atoms with Crippen molar-refractivity contribution < 1.29 is 9.94 Å². The molecule has 1 saturated heterocycles. The molecular weight excluding hydrogens is 374 g/mol. The second kappa shape index (κ2) is 8.97. The van der Waals surface area contributed by atoms with E-state index in [1.165, 1.54) is 24.1 Å². The fourth-order valence-electron chi connectivity index (χ4n) is 5.75. The summed E-state index contributed by atoms with van der Waals surface area (Å²) in [7, 11) is 0.